The van der Waals surface area contributed by atoms with Crippen molar-refractivity contribution in [2.24, 2.45) is 4.99 Å². The summed E-state index contributed by atoms with van der Waals surface area (Å²) in [5.74, 6) is 0.704. The van der Waals surface area contributed by atoms with Crippen LogP contribution in [0.3, 0.4) is 0 Å². The van der Waals surface area contributed by atoms with E-state index < -0.39 is 0 Å². The minimum atomic E-state index is -0.112. The molecule has 1 saturated carbocycles. The molecule has 0 atom stereocenters. The van der Waals surface area contributed by atoms with E-state index in [-0.39, 0.29) is 35.2 Å². The molecular weight excluding hydrogens is 432 g/mol. The Hall–Kier alpha value is -0.890. The molecule has 142 valence electrons. The van der Waals surface area contributed by atoms with Crippen LogP contribution in [0.1, 0.15) is 45.1 Å². The quantitative estimate of drug-likeness (QED) is 0.240. The van der Waals surface area contributed by atoms with Gasteiger partial charge in [-0.3, -0.25) is 4.99 Å². The highest BCUT2D eigenvalue weighted by Crippen LogP contribution is 2.49. The first-order valence-electron chi connectivity index (χ1n) is 9.07. The summed E-state index contributed by atoms with van der Waals surface area (Å²) in [6.45, 7) is 7.96. The van der Waals surface area contributed by atoms with E-state index in [1.807, 2.05) is 19.1 Å². The number of hydrogen-bond donors (Lipinski definition) is 2. The van der Waals surface area contributed by atoms with Crippen molar-refractivity contribution in [2.75, 3.05) is 32.8 Å². The Morgan fingerprint density at radius 2 is 1.96 bits per heavy atom. The van der Waals surface area contributed by atoms with Gasteiger partial charge in [-0.1, -0.05) is 18.2 Å². The van der Waals surface area contributed by atoms with Crippen LogP contribution in [0.15, 0.2) is 29.3 Å². The summed E-state index contributed by atoms with van der Waals surface area (Å²) in [6.07, 6.45) is 4.10. The Morgan fingerprint density at radius 3 is 2.60 bits per heavy atom. The molecule has 0 spiro atoms. The number of guanidine groups is 1. The zero-order chi connectivity index (χ0) is 17.3. The molecular formula is C19H31FIN3O. The van der Waals surface area contributed by atoms with Crippen molar-refractivity contribution >= 4 is 29.9 Å². The minimum Gasteiger partial charge on any atom is -0.382 e. The maximum atomic E-state index is 14.1. The van der Waals surface area contributed by atoms with Crippen LogP contribution in [-0.4, -0.2) is 38.8 Å². The van der Waals surface area contributed by atoms with Gasteiger partial charge in [0.1, 0.15) is 5.82 Å². The van der Waals surface area contributed by atoms with E-state index in [2.05, 4.69) is 17.6 Å². The lowest BCUT2D eigenvalue weighted by molar-refractivity contribution is 0.143. The topological polar surface area (TPSA) is 45.7 Å². The first kappa shape index (κ1) is 22.2. The molecule has 6 heteroatoms. The number of aliphatic imine (C=N–C) groups is 1. The second-order valence-electron chi connectivity index (χ2n) is 6.29. The number of benzene rings is 1. The Bertz CT molecular complexity index is 535. The summed E-state index contributed by atoms with van der Waals surface area (Å²) < 4.78 is 19.4. The first-order valence-corrected chi connectivity index (χ1v) is 9.07. The van der Waals surface area contributed by atoms with Gasteiger partial charge in [-0.05, 0) is 51.2 Å². The third kappa shape index (κ3) is 7.09. The summed E-state index contributed by atoms with van der Waals surface area (Å²) in [6, 6.07) is 7.09. The maximum absolute atomic E-state index is 14.1. The van der Waals surface area contributed by atoms with Gasteiger partial charge in [0.2, 0.25) is 0 Å². The lowest BCUT2D eigenvalue weighted by Gasteiger charge is -2.16. The van der Waals surface area contributed by atoms with Gasteiger partial charge in [-0.2, -0.15) is 0 Å². The van der Waals surface area contributed by atoms with Crippen LogP contribution in [0.2, 0.25) is 0 Å². The molecule has 1 aliphatic rings. The first-order chi connectivity index (χ1) is 11.7. The van der Waals surface area contributed by atoms with E-state index in [1.54, 1.807) is 12.1 Å². The summed E-state index contributed by atoms with van der Waals surface area (Å²) in [4.78, 5) is 4.70. The highest BCUT2D eigenvalue weighted by molar-refractivity contribution is 14.0. The highest BCUT2D eigenvalue weighted by atomic mass is 127. The van der Waals surface area contributed by atoms with Crippen LogP contribution in [0.4, 0.5) is 4.39 Å². The molecule has 4 nitrogen and oxygen atoms in total. The number of unbranched alkanes of at least 4 members (excludes halogenated alkanes) is 1. The number of rotatable bonds is 10. The van der Waals surface area contributed by atoms with Crippen LogP contribution < -0.4 is 10.6 Å². The van der Waals surface area contributed by atoms with Crippen LogP contribution in [0, 0.1) is 5.82 Å². The van der Waals surface area contributed by atoms with Crippen molar-refractivity contribution in [1.29, 1.82) is 0 Å². The summed E-state index contributed by atoms with van der Waals surface area (Å²) in [5.41, 5.74) is 0.698. The van der Waals surface area contributed by atoms with Crippen molar-refractivity contribution in [3.05, 3.63) is 35.6 Å². The maximum Gasteiger partial charge on any atom is 0.191 e. The van der Waals surface area contributed by atoms with E-state index >= 15 is 0 Å². The molecule has 1 aromatic carbocycles. The predicted molar refractivity (Wildman–Crippen MR) is 112 cm³/mol. The van der Waals surface area contributed by atoms with Gasteiger partial charge in [0.05, 0.1) is 6.54 Å². The second-order valence-corrected chi connectivity index (χ2v) is 6.29. The molecule has 2 N–H and O–H groups in total. The second kappa shape index (κ2) is 11.7. The van der Waals surface area contributed by atoms with E-state index in [0.29, 0.717) is 6.54 Å². The Morgan fingerprint density at radius 1 is 1.20 bits per heavy atom. The van der Waals surface area contributed by atoms with Crippen LogP contribution >= 0.6 is 24.0 Å². The molecule has 0 bridgehead atoms. The van der Waals surface area contributed by atoms with E-state index in [4.69, 9.17) is 9.73 Å². The van der Waals surface area contributed by atoms with Crippen molar-refractivity contribution in [2.45, 2.75) is 44.9 Å². The standard InChI is InChI=1S/C19H30FN3O.HI/c1-3-21-18(22-13-7-8-14-24-4-2)23-15-19(11-12-19)16-9-5-6-10-17(16)20;/h5-6,9-10H,3-4,7-8,11-15H2,1-2H3,(H2,21,22,23);1H. The summed E-state index contributed by atoms with van der Waals surface area (Å²) in [5, 5.41) is 6.62. The Balaban J connectivity index is 0.00000312. The van der Waals surface area contributed by atoms with Crippen molar-refractivity contribution in [3.8, 4) is 0 Å². The van der Waals surface area contributed by atoms with Gasteiger partial charge in [0.25, 0.3) is 0 Å². The van der Waals surface area contributed by atoms with Crippen molar-refractivity contribution in [1.82, 2.24) is 10.6 Å². The molecule has 0 aliphatic heterocycles. The van der Waals surface area contributed by atoms with Gasteiger partial charge in [0.15, 0.2) is 5.96 Å². The average Bonchev–Trinajstić information content (AvgIpc) is 3.37. The fourth-order valence-corrected chi connectivity index (χ4v) is 2.81. The summed E-state index contributed by atoms with van der Waals surface area (Å²) >= 11 is 0. The number of ether oxygens (including phenoxy) is 1. The van der Waals surface area contributed by atoms with Crippen LogP contribution in [0.5, 0.6) is 0 Å². The average molecular weight is 463 g/mol. The van der Waals surface area contributed by atoms with E-state index in [1.165, 1.54) is 0 Å². The van der Waals surface area contributed by atoms with Gasteiger partial charge in [-0.15, -0.1) is 24.0 Å². The SMILES string of the molecule is CCNC(=NCC1(c2ccccc2F)CC1)NCCCCOCC.I. The largest absolute Gasteiger partial charge is 0.382 e. The molecule has 0 amide bonds. The van der Waals surface area contributed by atoms with Gasteiger partial charge in [0, 0.05) is 31.7 Å². The third-order valence-electron chi connectivity index (χ3n) is 4.39. The molecule has 0 unspecified atom stereocenters. The third-order valence-corrected chi connectivity index (χ3v) is 4.39. The number of hydrogen-bond acceptors (Lipinski definition) is 2. The molecule has 1 aromatic rings. The van der Waals surface area contributed by atoms with Crippen LogP contribution in [-0.2, 0) is 10.2 Å². The smallest absolute Gasteiger partial charge is 0.191 e. The normalized spacial score (nSPS) is 15.4. The van der Waals surface area contributed by atoms with Crippen molar-refractivity contribution in [3.63, 3.8) is 0 Å². The molecule has 1 aliphatic carbocycles. The number of nitrogens with zero attached hydrogens (tertiary/aromatic N) is 1. The Labute approximate surface area is 168 Å². The predicted octanol–water partition coefficient (Wildman–Crippen LogP) is 3.85. The fraction of sp³-hybridized carbons (Fsp3) is 0.632. The van der Waals surface area contributed by atoms with E-state index in [0.717, 1.165) is 63.5 Å². The molecule has 0 saturated heterocycles. The molecule has 1 fully saturated rings. The zero-order valence-corrected chi connectivity index (χ0v) is 17.6. The highest BCUT2D eigenvalue weighted by Gasteiger charge is 2.45. The monoisotopic (exact) mass is 463 g/mol. The fourth-order valence-electron chi connectivity index (χ4n) is 2.81. The lowest BCUT2D eigenvalue weighted by Crippen LogP contribution is -2.38. The molecule has 0 heterocycles. The minimum absolute atomic E-state index is 0. The molecule has 2 rings (SSSR count). The van der Waals surface area contributed by atoms with Gasteiger partial charge < -0.3 is 15.4 Å². The number of halogens is 2. The molecule has 0 radical (unpaired) electrons. The van der Waals surface area contributed by atoms with E-state index in [9.17, 15) is 4.39 Å². The molecule has 0 aromatic heterocycles. The van der Waals surface area contributed by atoms with Gasteiger partial charge >= 0.3 is 0 Å². The van der Waals surface area contributed by atoms with Gasteiger partial charge in [-0.25, -0.2) is 4.39 Å². The zero-order valence-electron chi connectivity index (χ0n) is 15.3. The van der Waals surface area contributed by atoms with Crippen molar-refractivity contribution < 1.29 is 9.13 Å². The Kier molecular flexibility index (Phi) is 10.3. The number of nitrogens with one attached hydrogen (secondary N) is 2. The summed E-state index contributed by atoms with van der Waals surface area (Å²) in [7, 11) is 0. The van der Waals surface area contributed by atoms with Crippen LogP contribution in [0.25, 0.3) is 0 Å². The molecule has 25 heavy (non-hydrogen) atoms. The lowest BCUT2D eigenvalue weighted by atomic mass is 9.95.